The van der Waals surface area contributed by atoms with E-state index in [2.05, 4.69) is 216 Å². The van der Waals surface area contributed by atoms with Crippen molar-refractivity contribution in [3.8, 4) is 0 Å². The van der Waals surface area contributed by atoms with Gasteiger partial charge in [-0.25, -0.2) is 0 Å². The van der Waals surface area contributed by atoms with E-state index >= 15 is 0 Å². The summed E-state index contributed by atoms with van der Waals surface area (Å²) >= 11 is 0.849. The molecule has 0 fully saturated rings. The van der Waals surface area contributed by atoms with Gasteiger partial charge in [0.1, 0.15) is 15.9 Å². The third kappa shape index (κ3) is 57.4. The molecular weight excluding hydrogens is 1650 g/mol. The molecule has 0 spiro atoms. The summed E-state index contributed by atoms with van der Waals surface area (Å²) in [5.41, 5.74) is 6.15. The summed E-state index contributed by atoms with van der Waals surface area (Å²) in [6, 6.07) is 61.6. The number of pyridine rings is 3. The van der Waals surface area contributed by atoms with Gasteiger partial charge in [-0.2, -0.15) is 62.6 Å². The minimum absolute atomic E-state index is 0. The minimum atomic E-state index is -0.877. The number of nitrogens with zero attached hydrogens (tertiary/aromatic N) is 5. The van der Waals surface area contributed by atoms with Gasteiger partial charge in [0.25, 0.3) is 0 Å². The second kappa shape index (κ2) is 77.5. The van der Waals surface area contributed by atoms with E-state index in [0.717, 1.165) is 102 Å². The molecule has 0 aliphatic carbocycles. The van der Waals surface area contributed by atoms with Crippen LogP contribution in [0, 0.1) is 26.3 Å². The predicted molar refractivity (Wildman–Crippen MR) is 376 cm³/mol. The Bertz CT molecular complexity index is 2200. The standard InChI is InChI=1S/C18H15P.C15H24NP.2C9H13N2.C8H13N2P2.C3H7.3CHO.3ClH.Os.3Ru.3H/c1-4-10-16(11-5-1)19(17-12-6-2-7-13-17)18-14-8-3-9-15-18;1-13(2)17(14(3)4)11-10-16-12-15-8-6-5-7-9-15;2*1-2-6-10-8-9-5-3-4-7-11-9;11-12-6-5-9-7-8-3-1-2-4-10-8;1-3-2;3*1-2;;;;;;;;;;/h1-15H;5-8,13-14H,10-12H2,1-4H3;2*3-5,7,10H,1-2,6,8H2;1-4,12H,5-7,11H2;3H,1-2H3;3*1H;3*1H;;;;;;;/q;-2;7*-1;;;;+1;;;+4;;;/p-1. The summed E-state index contributed by atoms with van der Waals surface area (Å²) in [6.45, 7) is 37.8. The maximum atomic E-state index is 7.75. The molecule has 7 aromatic rings. The Labute approximate surface area is 582 Å². The molecule has 0 saturated heterocycles. The van der Waals surface area contributed by atoms with Crippen LogP contribution in [0.1, 0.15) is 77.0 Å². The molecular formula is C65H93Cl3N7O3OsP4Ru3-5. The van der Waals surface area contributed by atoms with Crippen LogP contribution < -0.4 is 26.5 Å². The number of halogens is 3. The third-order valence-corrected chi connectivity index (χ3v) is 18.3. The largest absolute Gasteiger partial charge is 0.102 e. The van der Waals surface area contributed by atoms with Crippen LogP contribution in [-0.2, 0) is 112 Å². The smallest absolute Gasteiger partial charge is 0.0620 e. The SMILES string of the molecule is CC(C)[PH+](CC[N-]Cc1[c-]cccc1)C(C)C.C[CH-]C.PPCC[N-]Cc1ccccn1.[CH-]=O.[CH-]=O.[CH-]=O.[CH2-]CCNCc1ccccn1.[CH2-]CCNCc1ccccn1.[Cl][OsH].[Cl][Ru+2][Cl].[RuH].[RuH].c1ccc([PH+](c2ccccc2)c2ccccc2)cc1. The van der Waals surface area contributed by atoms with E-state index in [1.54, 1.807) is 12.4 Å². The molecule has 2 unspecified atom stereocenters. The molecule has 7 rings (SSSR count). The Morgan fingerprint density at radius 3 is 1.26 bits per heavy atom. The van der Waals surface area contributed by atoms with Crippen LogP contribution in [0.3, 0.4) is 0 Å². The Morgan fingerprint density at radius 2 is 0.942 bits per heavy atom. The van der Waals surface area contributed by atoms with Crippen LogP contribution in [0.4, 0.5) is 0 Å². The van der Waals surface area contributed by atoms with Crippen LogP contribution in [-0.4, -0.2) is 85.1 Å². The number of rotatable bonds is 23. The van der Waals surface area contributed by atoms with Gasteiger partial charge < -0.3 is 55.9 Å². The van der Waals surface area contributed by atoms with Gasteiger partial charge in [0.05, 0.1) is 30.6 Å². The molecule has 3 aromatic heterocycles. The number of nitrogens with one attached hydrogen (secondary N) is 2. The Balaban J connectivity index is -0.000000222. The number of benzene rings is 4. The maximum absolute atomic E-state index is 7.75. The fourth-order valence-electron chi connectivity index (χ4n) is 7.01. The summed E-state index contributed by atoms with van der Waals surface area (Å²) in [5, 5.41) is 19.8. The zero-order valence-corrected chi connectivity index (χ0v) is 65.0. The molecule has 0 saturated carbocycles. The molecule has 86 heavy (non-hydrogen) atoms. The average molecular weight is 1740 g/mol. The van der Waals surface area contributed by atoms with Crippen molar-refractivity contribution in [3.05, 3.63) is 248 Å². The van der Waals surface area contributed by atoms with Crippen molar-refractivity contribution < 1.29 is 86.1 Å². The van der Waals surface area contributed by atoms with Crippen LogP contribution in [0.25, 0.3) is 10.6 Å². The van der Waals surface area contributed by atoms with Crippen molar-refractivity contribution in [2.75, 3.05) is 38.5 Å². The monoisotopic (exact) mass is 1750 g/mol. The fourth-order valence-corrected chi connectivity index (χ4v) is 13.2. The van der Waals surface area contributed by atoms with Crippen LogP contribution in [0.15, 0.2) is 188 Å². The summed E-state index contributed by atoms with van der Waals surface area (Å²) in [4.78, 5) is 35.8. The summed E-state index contributed by atoms with van der Waals surface area (Å²) in [7, 11) is 16.9. The first-order chi connectivity index (χ1) is 41.2. The molecule has 21 heteroatoms. The van der Waals surface area contributed by atoms with E-state index in [1.807, 2.05) is 93.2 Å². The molecule has 4 aromatic carbocycles. The Kier molecular flexibility index (Phi) is 86.0. The molecule has 0 aliphatic heterocycles. The van der Waals surface area contributed by atoms with E-state index in [1.165, 1.54) is 51.4 Å². The van der Waals surface area contributed by atoms with Gasteiger partial charge in [0.15, 0.2) is 0 Å². The second-order valence-electron chi connectivity index (χ2n) is 17.3. The number of carbonyl (C=O) groups excluding carboxylic acids is 3. The fraction of sp³-hybridized carbons (Fsp3) is 0.308. The Morgan fingerprint density at radius 1 is 0.593 bits per heavy atom. The zero-order chi connectivity index (χ0) is 63.5. The number of aromatic nitrogens is 3. The van der Waals surface area contributed by atoms with Gasteiger partial charge in [0, 0.05) is 51.5 Å². The normalized spacial score (nSPS) is 9.37. The zero-order valence-electron chi connectivity index (χ0n) is 50.4. The minimum Gasteiger partial charge on any atom is -0.0620 e. The molecule has 0 amide bonds. The average Bonchev–Trinajstić information content (AvgIpc) is 3.48. The van der Waals surface area contributed by atoms with E-state index in [0.29, 0.717) is 0 Å². The first-order valence-corrected chi connectivity index (χ1v) is 41.1. The van der Waals surface area contributed by atoms with Crippen LogP contribution in [0.2, 0.25) is 0 Å². The number of hydrogen-bond donors (Lipinski definition) is 2. The number of hydrogen-bond acceptors (Lipinski definition) is 8. The maximum Gasteiger partial charge on any atom is 0.102 e. The van der Waals surface area contributed by atoms with Gasteiger partial charge in [-0.3, -0.25) is 35.3 Å². The molecule has 10 nitrogen and oxygen atoms in total. The quantitative estimate of drug-likeness (QED) is 0.0212. The molecule has 2 N–H and O–H groups in total. The van der Waals surface area contributed by atoms with Crippen molar-refractivity contribution in [1.29, 1.82) is 0 Å². The molecule has 0 bridgehead atoms. The Hall–Kier alpha value is -1.72. The van der Waals surface area contributed by atoms with Crippen molar-refractivity contribution in [2.45, 2.75) is 91.9 Å². The van der Waals surface area contributed by atoms with E-state index in [-0.39, 0.29) is 62.0 Å². The van der Waals surface area contributed by atoms with Gasteiger partial charge in [0.2, 0.25) is 0 Å². The summed E-state index contributed by atoms with van der Waals surface area (Å²) < 4.78 is 0. The third-order valence-electron chi connectivity index (χ3n) is 10.5. The van der Waals surface area contributed by atoms with Gasteiger partial charge in [-0.05, 0) is 114 Å². The van der Waals surface area contributed by atoms with E-state index in [4.69, 9.17) is 43.4 Å². The van der Waals surface area contributed by atoms with Crippen molar-refractivity contribution >= 4 is 98.3 Å². The van der Waals surface area contributed by atoms with Crippen molar-refractivity contribution in [2.24, 2.45) is 0 Å². The first kappa shape index (κ1) is 95.4. The molecule has 0 radical (unpaired) electrons. The summed E-state index contributed by atoms with van der Waals surface area (Å²) in [6.07, 6.45) is 11.8. The first-order valence-electron chi connectivity index (χ1n) is 26.9. The molecule has 0 aliphatic rings. The summed E-state index contributed by atoms with van der Waals surface area (Å²) in [5.74, 6) is 0. The van der Waals surface area contributed by atoms with Gasteiger partial charge in [-0.15, -0.1) is 43.4 Å². The van der Waals surface area contributed by atoms with Crippen LogP contribution in [0.5, 0.6) is 0 Å². The van der Waals surface area contributed by atoms with E-state index in [9.17, 15) is 0 Å². The second-order valence-corrected chi connectivity index (χ2v) is 28.5. The topological polar surface area (TPSA) is 142 Å². The molecule has 3 heterocycles. The van der Waals surface area contributed by atoms with E-state index < -0.39 is 7.92 Å². The van der Waals surface area contributed by atoms with Gasteiger partial charge in [-0.1, -0.05) is 79.0 Å². The van der Waals surface area contributed by atoms with Gasteiger partial charge >= 0.3 is 101 Å². The molecule has 2 atom stereocenters. The van der Waals surface area contributed by atoms with Crippen molar-refractivity contribution in [3.63, 3.8) is 0 Å². The van der Waals surface area contributed by atoms with Crippen molar-refractivity contribution in [1.82, 2.24) is 25.6 Å². The van der Waals surface area contributed by atoms with Crippen LogP contribution >= 0.6 is 62.1 Å². The predicted octanol–water partition coefficient (Wildman–Crippen LogP) is 14.4. The molecule has 484 valence electrons.